The van der Waals surface area contributed by atoms with Crippen LogP contribution in [-0.2, 0) is 4.79 Å². The van der Waals surface area contributed by atoms with Gasteiger partial charge in [0.25, 0.3) is 0 Å². The molecule has 104 valence electrons. The molecule has 1 fully saturated rings. The molecule has 0 saturated carbocycles. The van der Waals surface area contributed by atoms with Gasteiger partial charge in [0.15, 0.2) is 0 Å². The van der Waals surface area contributed by atoms with Crippen molar-refractivity contribution in [2.45, 2.75) is 23.8 Å². The summed E-state index contributed by atoms with van der Waals surface area (Å²) in [5.41, 5.74) is 5.82. The Labute approximate surface area is 127 Å². The number of carbonyl (C=O) groups excluding carboxylic acids is 1. The van der Waals surface area contributed by atoms with Crippen molar-refractivity contribution in [2.75, 3.05) is 18.8 Å². The molecule has 1 amide bonds. The molecule has 0 spiro atoms. The summed E-state index contributed by atoms with van der Waals surface area (Å²) in [5.74, 6) is 0.517. The Kier molecular flexibility index (Phi) is 5.39. The fraction of sp³-hybridized carbons (Fsp3) is 0.462. The summed E-state index contributed by atoms with van der Waals surface area (Å²) >= 11 is 13.4. The molecule has 0 aromatic heterocycles. The number of likely N-dealkylation sites (tertiary alicyclic amines) is 1. The Hall–Kier alpha value is -0.420. The zero-order valence-corrected chi connectivity index (χ0v) is 12.8. The number of piperidine rings is 1. The van der Waals surface area contributed by atoms with Gasteiger partial charge in [-0.15, -0.1) is 11.8 Å². The standard InChI is InChI=1S/C13H16Cl2N2OS/c14-9-1-2-11(15)12(7-9)19-8-13(18)17-5-3-10(16)4-6-17/h1-2,7,10H,3-6,8,16H2. The lowest BCUT2D eigenvalue weighted by Gasteiger charge is -2.30. The fourth-order valence-electron chi connectivity index (χ4n) is 1.97. The van der Waals surface area contributed by atoms with Gasteiger partial charge in [-0.2, -0.15) is 0 Å². The molecular weight excluding hydrogens is 303 g/mol. The number of nitrogens with two attached hydrogens (primary N) is 1. The third-order valence-electron chi connectivity index (χ3n) is 3.14. The molecule has 1 aromatic carbocycles. The first-order valence-corrected chi connectivity index (χ1v) is 7.91. The lowest BCUT2D eigenvalue weighted by Crippen LogP contribution is -2.43. The third-order valence-corrected chi connectivity index (χ3v) is 4.85. The first-order chi connectivity index (χ1) is 9.06. The molecule has 1 saturated heterocycles. The first kappa shape index (κ1) is 15.0. The number of hydrogen-bond donors (Lipinski definition) is 1. The Morgan fingerprint density at radius 1 is 1.37 bits per heavy atom. The van der Waals surface area contributed by atoms with Crippen LogP contribution in [0.1, 0.15) is 12.8 Å². The van der Waals surface area contributed by atoms with E-state index in [2.05, 4.69) is 0 Å². The predicted octanol–water partition coefficient (Wildman–Crippen LogP) is 3.04. The van der Waals surface area contributed by atoms with Crippen molar-refractivity contribution >= 4 is 40.9 Å². The maximum atomic E-state index is 12.1. The van der Waals surface area contributed by atoms with Gasteiger partial charge in [0.05, 0.1) is 10.8 Å². The van der Waals surface area contributed by atoms with Crippen molar-refractivity contribution < 1.29 is 4.79 Å². The van der Waals surface area contributed by atoms with E-state index in [4.69, 9.17) is 28.9 Å². The van der Waals surface area contributed by atoms with Crippen molar-refractivity contribution in [3.8, 4) is 0 Å². The molecule has 6 heteroatoms. The molecular formula is C13H16Cl2N2OS. The van der Waals surface area contributed by atoms with Crippen LogP contribution in [0.25, 0.3) is 0 Å². The number of nitrogens with zero attached hydrogens (tertiary/aromatic N) is 1. The number of carbonyl (C=O) groups is 1. The van der Waals surface area contributed by atoms with Gasteiger partial charge in [0.2, 0.25) is 5.91 Å². The Morgan fingerprint density at radius 3 is 2.74 bits per heavy atom. The van der Waals surface area contributed by atoms with Gasteiger partial charge >= 0.3 is 0 Å². The number of rotatable bonds is 3. The molecule has 1 aliphatic rings. The molecule has 2 rings (SSSR count). The highest BCUT2D eigenvalue weighted by Crippen LogP contribution is 2.30. The zero-order valence-electron chi connectivity index (χ0n) is 10.4. The van der Waals surface area contributed by atoms with E-state index in [0.29, 0.717) is 15.8 Å². The Bertz CT molecular complexity index is 462. The van der Waals surface area contributed by atoms with Gasteiger partial charge < -0.3 is 10.6 Å². The van der Waals surface area contributed by atoms with E-state index in [9.17, 15) is 4.79 Å². The highest BCUT2D eigenvalue weighted by Gasteiger charge is 2.20. The minimum absolute atomic E-state index is 0.132. The van der Waals surface area contributed by atoms with E-state index in [0.717, 1.165) is 30.8 Å². The van der Waals surface area contributed by atoms with E-state index in [1.807, 2.05) is 4.90 Å². The minimum atomic E-state index is 0.132. The van der Waals surface area contributed by atoms with E-state index in [1.165, 1.54) is 11.8 Å². The molecule has 0 bridgehead atoms. The second-order valence-electron chi connectivity index (χ2n) is 4.58. The number of hydrogen-bond acceptors (Lipinski definition) is 3. The second-order valence-corrected chi connectivity index (χ2v) is 6.44. The van der Waals surface area contributed by atoms with Crippen LogP contribution in [0, 0.1) is 0 Å². The number of thioether (sulfide) groups is 1. The van der Waals surface area contributed by atoms with Gasteiger partial charge in [-0.1, -0.05) is 23.2 Å². The van der Waals surface area contributed by atoms with Gasteiger partial charge in [0, 0.05) is 29.0 Å². The molecule has 1 aromatic rings. The SMILES string of the molecule is NC1CCN(C(=O)CSc2cc(Cl)ccc2Cl)CC1. The van der Waals surface area contributed by atoms with Crippen LogP contribution in [0.3, 0.4) is 0 Å². The Morgan fingerprint density at radius 2 is 2.05 bits per heavy atom. The summed E-state index contributed by atoms with van der Waals surface area (Å²) in [6, 6.07) is 5.51. The number of benzene rings is 1. The number of halogens is 2. The molecule has 1 heterocycles. The predicted molar refractivity (Wildman–Crippen MR) is 81.0 cm³/mol. The highest BCUT2D eigenvalue weighted by atomic mass is 35.5. The van der Waals surface area contributed by atoms with Crippen molar-refractivity contribution in [2.24, 2.45) is 5.73 Å². The van der Waals surface area contributed by atoms with E-state index < -0.39 is 0 Å². The summed E-state index contributed by atoms with van der Waals surface area (Å²) in [5, 5.41) is 1.26. The molecule has 3 nitrogen and oxygen atoms in total. The third kappa shape index (κ3) is 4.28. The fourth-order valence-corrected chi connectivity index (χ4v) is 3.36. The highest BCUT2D eigenvalue weighted by molar-refractivity contribution is 8.00. The molecule has 0 atom stereocenters. The van der Waals surface area contributed by atoms with Crippen molar-refractivity contribution in [3.63, 3.8) is 0 Å². The molecule has 0 aliphatic carbocycles. The van der Waals surface area contributed by atoms with Crippen LogP contribution < -0.4 is 5.73 Å². The quantitative estimate of drug-likeness (QED) is 0.871. The van der Waals surface area contributed by atoms with Crippen LogP contribution in [0.5, 0.6) is 0 Å². The Balaban J connectivity index is 1.88. The van der Waals surface area contributed by atoms with Crippen LogP contribution in [0.15, 0.2) is 23.1 Å². The molecule has 19 heavy (non-hydrogen) atoms. The van der Waals surface area contributed by atoms with E-state index in [1.54, 1.807) is 18.2 Å². The molecule has 1 aliphatic heterocycles. The summed E-state index contributed by atoms with van der Waals surface area (Å²) in [7, 11) is 0. The zero-order chi connectivity index (χ0) is 13.8. The normalized spacial score (nSPS) is 16.7. The van der Waals surface area contributed by atoms with Crippen LogP contribution in [0.2, 0.25) is 10.0 Å². The van der Waals surface area contributed by atoms with Crippen molar-refractivity contribution in [1.29, 1.82) is 0 Å². The largest absolute Gasteiger partial charge is 0.342 e. The minimum Gasteiger partial charge on any atom is -0.342 e. The van der Waals surface area contributed by atoms with Crippen molar-refractivity contribution in [3.05, 3.63) is 28.2 Å². The van der Waals surface area contributed by atoms with Crippen LogP contribution in [0.4, 0.5) is 0 Å². The summed E-state index contributed by atoms with van der Waals surface area (Å²) in [6.45, 7) is 1.51. The van der Waals surface area contributed by atoms with Crippen molar-refractivity contribution in [1.82, 2.24) is 4.90 Å². The van der Waals surface area contributed by atoms with Gasteiger partial charge in [0.1, 0.15) is 0 Å². The first-order valence-electron chi connectivity index (χ1n) is 6.17. The van der Waals surface area contributed by atoms with Crippen LogP contribution in [-0.4, -0.2) is 35.7 Å². The maximum absolute atomic E-state index is 12.1. The molecule has 2 N–H and O–H groups in total. The van der Waals surface area contributed by atoms with E-state index >= 15 is 0 Å². The number of amides is 1. The molecule has 0 radical (unpaired) electrons. The molecule has 0 unspecified atom stereocenters. The average Bonchev–Trinajstić information content (AvgIpc) is 2.40. The van der Waals surface area contributed by atoms with Gasteiger partial charge in [-0.3, -0.25) is 4.79 Å². The van der Waals surface area contributed by atoms with Crippen LogP contribution >= 0.6 is 35.0 Å². The topological polar surface area (TPSA) is 46.3 Å². The lowest BCUT2D eigenvalue weighted by molar-refractivity contribution is -0.129. The lowest BCUT2D eigenvalue weighted by atomic mass is 10.1. The second kappa shape index (κ2) is 6.84. The average molecular weight is 319 g/mol. The summed E-state index contributed by atoms with van der Waals surface area (Å²) in [4.78, 5) is 14.8. The summed E-state index contributed by atoms with van der Waals surface area (Å²) < 4.78 is 0. The van der Waals surface area contributed by atoms with Gasteiger partial charge in [-0.05, 0) is 31.0 Å². The monoisotopic (exact) mass is 318 g/mol. The smallest absolute Gasteiger partial charge is 0.232 e. The summed E-state index contributed by atoms with van der Waals surface area (Å²) in [6.07, 6.45) is 1.77. The van der Waals surface area contributed by atoms with E-state index in [-0.39, 0.29) is 11.9 Å². The maximum Gasteiger partial charge on any atom is 0.232 e. The van der Waals surface area contributed by atoms with Gasteiger partial charge in [-0.25, -0.2) is 0 Å².